The number of aromatic nitrogens is 1. The highest BCUT2D eigenvalue weighted by atomic mass is 35.5. The zero-order valence-electron chi connectivity index (χ0n) is 14.8. The highest BCUT2D eigenvalue weighted by molar-refractivity contribution is 6.33. The number of benzene rings is 1. The molecular weight excluding hydrogens is 374 g/mol. The van der Waals surface area contributed by atoms with Gasteiger partial charge in [-0.15, -0.1) is 10.2 Å². The molecule has 1 aromatic carbocycles. The second-order valence-electron chi connectivity index (χ2n) is 6.19. The summed E-state index contributed by atoms with van der Waals surface area (Å²) >= 11 is 5.97. The molecular formula is C17H16ClN5O4. The minimum atomic E-state index is -0.598. The Labute approximate surface area is 159 Å². The molecule has 0 atom stereocenters. The minimum absolute atomic E-state index is 0.00704. The van der Waals surface area contributed by atoms with Gasteiger partial charge in [-0.2, -0.15) is 5.26 Å². The Bertz CT molecular complexity index is 1040. The normalized spacial score (nSPS) is 11.1. The molecule has 2 aromatic rings. The molecule has 0 amide bonds. The number of halogens is 1. The third-order valence-electron chi connectivity index (χ3n) is 3.72. The summed E-state index contributed by atoms with van der Waals surface area (Å²) in [4.78, 5) is 22.8. The van der Waals surface area contributed by atoms with Crippen LogP contribution in [0.2, 0.25) is 5.02 Å². The fourth-order valence-electron chi connectivity index (χ4n) is 2.39. The van der Waals surface area contributed by atoms with E-state index in [1.165, 1.54) is 19.1 Å². The van der Waals surface area contributed by atoms with Crippen LogP contribution in [0.1, 0.15) is 25.0 Å². The van der Waals surface area contributed by atoms with Gasteiger partial charge in [0.1, 0.15) is 17.3 Å². The zero-order chi connectivity index (χ0) is 20.3. The van der Waals surface area contributed by atoms with Crippen LogP contribution in [0.4, 0.5) is 17.1 Å². The maximum atomic E-state index is 12.7. The lowest BCUT2D eigenvalue weighted by atomic mass is 10.1. The highest BCUT2D eigenvalue weighted by Crippen LogP contribution is 2.31. The smallest absolute Gasteiger partial charge is 0.281 e. The maximum Gasteiger partial charge on any atom is 0.281 e. The van der Waals surface area contributed by atoms with E-state index in [9.17, 15) is 25.3 Å². The maximum absolute atomic E-state index is 12.7. The monoisotopic (exact) mass is 389 g/mol. The molecule has 1 aromatic heterocycles. The lowest BCUT2D eigenvalue weighted by Crippen LogP contribution is -2.24. The number of hydrogen-bond acceptors (Lipinski definition) is 7. The fourth-order valence-corrected chi connectivity index (χ4v) is 2.60. The molecule has 9 nitrogen and oxygen atoms in total. The molecule has 140 valence electrons. The quantitative estimate of drug-likeness (QED) is 0.460. The number of nitriles is 1. The van der Waals surface area contributed by atoms with Gasteiger partial charge in [-0.3, -0.25) is 19.5 Å². The van der Waals surface area contributed by atoms with E-state index in [-0.39, 0.29) is 45.7 Å². The standard InChI is InChI=1S/C17H16ClN5O4/c1-9(2)8-22-16(24)12(7-19)10(3)15(17(22)25)21-20-14-5-4-11(23(26)27)6-13(14)18/h4-6,9,24H,8H2,1-3H3. The van der Waals surface area contributed by atoms with Crippen molar-refractivity contribution in [1.29, 1.82) is 5.26 Å². The first-order chi connectivity index (χ1) is 12.7. The van der Waals surface area contributed by atoms with Crippen LogP contribution in [0, 0.1) is 34.3 Å². The van der Waals surface area contributed by atoms with Crippen LogP contribution in [0.3, 0.4) is 0 Å². The Balaban J connectivity index is 2.59. The molecule has 0 aliphatic carbocycles. The Kier molecular flexibility index (Phi) is 5.92. The highest BCUT2D eigenvalue weighted by Gasteiger charge is 2.20. The SMILES string of the molecule is Cc1c(C#N)c(O)n(CC(C)C)c(=O)c1N=Nc1ccc([N+](=O)[O-])cc1Cl. The average Bonchev–Trinajstić information content (AvgIpc) is 2.59. The summed E-state index contributed by atoms with van der Waals surface area (Å²) in [7, 11) is 0. The van der Waals surface area contributed by atoms with Crippen LogP contribution in [-0.2, 0) is 6.54 Å². The number of nitro benzene ring substituents is 1. The van der Waals surface area contributed by atoms with E-state index in [2.05, 4.69) is 10.2 Å². The summed E-state index contributed by atoms with van der Waals surface area (Å²) in [5, 5.41) is 38.1. The summed E-state index contributed by atoms with van der Waals surface area (Å²) in [6.45, 7) is 5.39. The summed E-state index contributed by atoms with van der Waals surface area (Å²) in [6.07, 6.45) is 0. The van der Waals surface area contributed by atoms with Gasteiger partial charge in [0.15, 0.2) is 5.69 Å². The lowest BCUT2D eigenvalue weighted by Gasteiger charge is -2.14. The van der Waals surface area contributed by atoms with Crippen LogP contribution < -0.4 is 5.56 Å². The Hall–Kier alpha value is -3.25. The first-order valence-corrected chi connectivity index (χ1v) is 8.27. The number of nitro groups is 1. The Morgan fingerprint density at radius 1 is 1.41 bits per heavy atom. The summed E-state index contributed by atoms with van der Waals surface area (Å²) in [5.41, 5.74) is -0.673. The van der Waals surface area contributed by atoms with Crippen molar-refractivity contribution in [2.45, 2.75) is 27.3 Å². The van der Waals surface area contributed by atoms with Crippen molar-refractivity contribution in [3.05, 3.63) is 54.8 Å². The van der Waals surface area contributed by atoms with Gasteiger partial charge in [-0.05, 0) is 18.9 Å². The van der Waals surface area contributed by atoms with Crippen molar-refractivity contribution in [1.82, 2.24) is 4.57 Å². The molecule has 0 saturated carbocycles. The van der Waals surface area contributed by atoms with Crippen LogP contribution in [0.25, 0.3) is 0 Å². The second kappa shape index (κ2) is 7.97. The number of rotatable bonds is 5. The first-order valence-electron chi connectivity index (χ1n) is 7.89. The van der Waals surface area contributed by atoms with Crippen molar-refractivity contribution in [2.24, 2.45) is 16.1 Å². The number of hydrogen-bond donors (Lipinski definition) is 1. The molecule has 1 N–H and O–H groups in total. The Morgan fingerprint density at radius 3 is 2.59 bits per heavy atom. The van der Waals surface area contributed by atoms with Gasteiger partial charge in [-0.1, -0.05) is 25.4 Å². The third-order valence-corrected chi connectivity index (χ3v) is 4.02. The van der Waals surface area contributed by atoms with Gasteiger partial charge < -0.3 is 5.11 Å². The topological polar surface area (TPSA) is 134 Å². The molecule has 0 saturated heterocycles. The van der Waals surface area contributed by atoms with E-state index >= 15 is 0 Å². The van der Waals surface area contributed by atoms with E-state index in [1.54, 1.807) is 0 Å². The molecule has 10 heteroatoms. The molecule has 2 rings (SSSR count). The van der Waals surface area contributed by atoms with Crippen molar-refractivity contribution in [2.75, 3.05) is 0 Å². The average molecular weight is 390 g/mol. The van der Waals surface area contributed by atoms with Gasteiger partial charge >= 0.3 is 0 Å². The molecule has 0 aliphatic rings. The number of non-ortho nitro benzene ring substituents is 1. The van der Waals surface area contributed by atoms with Gasteiger partial charge in [0, 0.05) is 24.2 Å². The molecule has 1 heterocycles. The van der Waals surface area contributed by atoms with Crippen LogP contribution in [0.15, 0.2) is 33.2 Å². The molecule has 0 radical (unpaired) electrons. The second-order valence-corrected chi connectivity index (χ2v) is 6.59. The lowest BCUT2D eigenvalue weighted by molar-refractivity contribution is -0.384. The fraction of sp³-hybridized carbons (Fsp3) is 0.294. The molecule has 0 spiro atoms. The molecule has 0 unspecified atom stereocenters. The summed E-state index contributed by atoms with van der Waals surface area (Å²) in [6, 6.07) is 5.50. The van der Waals surface area contributed by atoms with E-state index in [4.69, 9.17) is 11.6 Å². The number of azo groups is 1. The van der Waals surface area contributed by atoms with Gasteiger partial charge in [0.05, 0.1) is 9.95 Å². The Morgan fingerprint density at radius 2 is 2.07 bits per heavy atom. The van der Waals surface area contributed by atoms with Crippen molar-refractivity contribution in [3.63, 3.8) is 0 Å². The van der Waals surface area contributed by atoms with Crippen molar-refractivity contribution in [3.8, 4) is 11.9 Å². The zero-order valence-corrected chi connectivity index (χ0v) is 15.6. The summed E-state index contributed by atoms with van der Waals surface area (Å²) in [5.74, 6) is -0.377. The molecule has 0 bridgehead atoms. The van der Waals surface area contributed by atoms with Crippen molar-refractivity contribution >= 4 is 28.7 Å². The van der Waals surface area contributed by atoms with E-state index < -0.39 is 16.4 Å². The molecule has 0 aliphatic heterocycles. The van der Waals surface area contributed by atoms with E-state index in [0.717, 1.165) is 10.6 Å². The van der Waals surface area contributed by atoms with E-state index in [1.807, 2.05) is 19.9 Å². The van der Waals surface area contributed by atoms with Crippen LogP contribution in [0.5, 0.6) is 5.88 Å². The van der Waals surface area contributed by atoms with E-state index in [0.29, 0.717) is 0 Å². The van der Waals surface area contributed by atoms with Gasteiger partial charge in [0.25, 0.3) is 11.2 Å². The van der Waals surface area contributed by atoms with Crippen molar-refractivity contribution < 1.29 is 10.0 Å². The van der Waals surface area contributed by atoms with Gasteiger partial charge in [-0.25, -0.2) is 0 Å². The predicted octanol–water partition coefficient (Wildman–Crippen LogP) is 4.37. The molecule has 0 fully saturated rings. The van der Waals surface area contributed by atoms with Gasteiger partial charge in [0.2, 0.25) is 5.88 Å². The third kappa shape index (κ3) is 4.12. The van der Waals surface area contributed by atoms with Crippen LogP contribution in [-0.4, -0.2) is 14.6 Å². The first kappa shape index (κ1) is 20.1. The largest absolute Gasteiger partial charge is 0.493 e. The number of aromatic hydroxyl groups is 1. The van der Waals surface area contributed by atoms with Crippen LogP contribution >= 0.6 is 11.6 Å². The number of pyridine rings is 1. The number of nitrogens with zero attached hydrogens (tertiary/aromatic N) is 5. The minimum Gasteiger partial charge on any atom is -0.493 e. The molecule has 27 heavy (non-hydrogen) atoms. The predicted molar refractivity (Wildman–Crippen MR) is 98.9 cm³/mol. The summed E-state index contributed by atoms with van der Waals surface area (Å²) < 4.78 is 1.07.